The molecule has 122 valence electrons. The molecule has 2 rings (SSSR count). The van der Waals surface area contributed by atoms with Gasteiger partial charge in [-0.05, 0) is 55.3 Å². The number of aryl methyl sites for hydroxylation is 1. The molecule has 4 nitrogen and oxygen atoms in total. The fourth-order valence-corrected chi connectivity index (χ4v) is 2.90. The molecule has 23 heavy (non-hydrogen) atoms. The summed E-state index contributed by atoms with van der Waals surface area (Å²) in [5.74, 6) is 0.557. The van der Waals surface area contributed by atoms with E-state index in [0.717, 1.165) is 22.6 Å². The van der Waals surface area contributed by atoms with Gasteiger partial charge in [-0.25, -0.2) is 0 Å². The molecule has 1 amide bonds. The van der Waals surface area contributed by atoms with Gasteiger partial charge >= 0.3 is 0 Å². The number of aliphatic hydroxyl groups excluding tert-OH is 1. The van der Waals surface area contributed by atoms with Crippen LogP contribution in [0, 0.1) is 6.92 Å². The summed E-state index contributed by atoms with van der Waals surface area (Å²) in [6.07, 6.45) is 2.55. The molecule has 2 N–H and O–H groups in total. The molecule has 1 atom stereocenters. The lowest BCUT2D eigenvalue weighted by molar-refractivity contribution is 0.0934. The van der Waals surface area contributed by atoms with Crippen molar-refractivity contribution in [2.24, 2.45) is 0 Å². The van der Waals surface area contributed by atoms with E-state index in [4.69, 9.17) is 5.11 Å². The number of carbonyl (C=O) groups is 1. The van der Waals surface area contributed by atoms with Gasteiger partial charge < -0.3 is 10.4 Å². The first-order chi connectivity index (χ1) is 11.1. The largest absolute Gasteiger partial charge is 0.396 e. The number of nitrogens with one attached hydrogen (secondary N) is 1. The zero-order chi connectivity index (χ0) is 16.7. The van der Waals surface area contributed by atoms with Crippen LogP contribution in [0.15, 0.2) is 47.5 Å². The second-order valence-corrected chi connectivity index (χ2v) is 6.46. The first-order valence-electron chi connectivity index (χ1n) is 7.71. The van der Waals surface area contributed by atoms with Crippen LogP contribution in [-0.4, -0.2) is 28.4 Å². The Morgan fingerprint density at radius 2 is 2.04 bits per heavy atom. The molecule has 0 fully saturated rings. The third-order valence-corrected chi connectivity index (χ3v) is 4.48. The summed E-state index contributed by atoms with van der Waals surface area (Å²) in [4.78, 5) is 17.8. The Morgan fingerprint density at radius 1 is 1.30 bits per heavy atom. The molecule has 0 spiro atoms. The number of nitrogens with zero attached hydrogens (tertiary/aromatic N) is 1. The Morgan fingerprint density at radius 3 is 2.65 bits per heavy atom. The molecule has 1 aromatic heterocycles. The summed E-state index contributed by atoms with van der Waals surface area (Å²) in [5, 5.41) is 11.9. The van der Waals surface area contributed by atoms with Crippen LogP contribution in [0.4, 0.5) is 0 Å². The number of aliphatic hydroxyl groups is 1. The monoisotopic (exact) mass is 330 g/mol. The van der Waals surface area contributed by atoms with Crippen LogP contribution in [0.25, 0.3) is 0 Å². The van der Waals surface area contributed by atoms with Gasteiger partial charge in [0.05, 0.1) is 18.3 Å². The second kappa shape index (κ2) is 8.70. The Balaban J connectivity index is 2.04. The topological polar surface area (TPSA) is 62.2 Å². The van der Waals surface area contributed by atoms with E-state index in [9.17, 15) is 4.79 Å². The minimum atomic E-state index is -0.0983. The SMILES string of the molecule is CC[C@H](NC(=O)c1ccc(SCCO)cc1)c1cc(C)ccn1. The van der Waals surface area contributed by atoms with Gasteiger partial charge in [-0.1, -0.05) is 6.92 Å². The van der Waals surface area contributed by atoms with Crippen molar-refractivity contribution in [3.05, 3.63) is 59.4 Å². The summed E-state index contributed by atoms with van der Waals surface area (Å²) in [6.45, 7) is 4.20. The minimum Gasteiger partial charge on any atom is -0.396 e. The van der Waals surface area contributed by atoms with Crippen molar-refractivity contribution >= 4 is 17.7 Å². The van der Waals surface area contributed by atoms with Gasteiger partial charge in [0.1, 0.15) is 0 Å². The van der Waals surface area contributed by atoms with Gasteiger partial charge in [0.15, 0.2) is 0 Å². The Kier molecular flexibility index (Phi) is 6.62. The number of amides is 1. The highest BCUT2D eigenvalue weighted by atomic mass is 32.2. The van der Waals surface area contributed by atoms with Crippen molar-refractivity contribution in [3.63, 3.8) is 0 Å². The molecule has 2 aromatic rings. The van der Waals surface area contributed by atoms with Crippen LogP contribution in [-0.2, 0) is 0 Å². The first kappa shape index (κ1) is 17.5. The molecule has 0 unspecified atom stereocenters. The van der Waals surface area contributed by atoms with Crippen LogP contribution >= 0.6 is 11.8 Å². The number of aromatic nitrogens is 1. The molecule has 0 saturated heterocycles. The summed E-state index contributed by atoms with van der Waals surface area (Å²) < 4.78 is 0. The van der Waals surface area contributed by atoms with Crippen LogP contribution in [0.5, 0.6) is 0 Å². The summed E-state index contributed by atoms with van der Waals surface area (Å²) in [7, 11) is 0. The van der Waals surface area contributed by atoms with Crippen molar-refractivity contribution in [2.45, 2.75) is 31.2 Å². The van der Waals surface area contributed by atoms with Crippen LogP contribution < -0.4 is 5.32 Å². The number of hydrogen-bond donors (Lipinski definition) is 2. The molecular formula is C18H22N2O2S. The highest BCUT2D eigenvalue weighted by Crippen LogP contribution is 2.19. The van der Waals surface area contributed by atoms with Gasteiger partial charge in [-0.3, -0.25) is 9.78 Å². The predicted molar refractivity (Wildman–Crippen MR) is 93.7 cm³/mol. The normalized spacial score (nSPS) is 12.0. The maximum absolute atomic E-state index is 12.4. The van der Waals surface area contributed by atoms with Crippen molar-refractivity contribution in [2.75, 3.05) is 12.4 Å². The molecule has 0 radical (unpaired) electrons. The van der Waals surface area contributed by atoms with E-state index in [2.05, 4.69) is 10.3 Å². The lowest BCUT2D eigenvalue weighted by Crippen LogP contribution is -2.28. The number of rotatable bonds is 7. The highest BCUT2D eigenvalue weighted by molar-refractivity contribution is 7.99. The van der Waals surface area contributed by atoms with Gasteiger partial charge in [0, 0.05) is 22.4 Å². The van der Waals surface area contributed by atoms with Crippen molar-refractivity contribution in [3.8, 4) is 0 Å². The Labute approximate surface area is 141 Å². The lowest BCUT2D eigenvalue weighted by Gasteiger charge is -2.17. The molecule has 5 heteroatoms. The quantitative estimate of drug-likeness (QED) is 0.764. The number of thioether (sulfide) groups is 1. The molecule has 0 bridgehead atoms. The predicted octanol–water partition coefficient (Wildman–Crippen LogP) is 3.36. The molecule has 1 aromatic carbocycles. The average molecular weight is 330 g/mol. The van der Waals surface area contributed by atoms with Crippen molar-refractivity contribution in [1.29, 1.82) is 0 Å². The first-order valence-corrected chi connectivity index (χ1v) is 8.69. The van der Waals surface area contributed by atoms with E-state index >= 15 is 0 Å². The second-order valence-electron chi connectivity index (χ2n) is 5.29. The van der Waals surface area contributed by atoms with Crippen molar-refractivity contribution < 1.29 is 9.90 Å². The fraction of sp³-hybridized carbons (Fsp3) is 0.333. The molecular weight excluding hydrogens is 308 g/mol. The Bertz CT molecular complexity index is 644. The third kappa shape index (κ3) is 5.08. The maximum Gasteiger partial charge on any atom is 0.251 e. The number of pyridine rings is 1. The summed E-state index contributed by atoms with van der Waals surface area (Å²) in [5.41, 5.74) is 2.65. The molecule has 0 saturated carbocycles. The van der Waals surface area contributed by atoms with Crippen molar-refractivity contribution in [1.82, 2.24) is 10.3 Å². The Hall–Kier alpha value is -1.85. The van der Waals surface area contributed by atoms with Crippen LogP contribution in [0.2, 0.25) is 0 Å². The molecule has 0 aliphatic rings. The number of hydrogen-bond acceptors (Lipinski definition) is 4. The lowest BCUT2D eigenvalue weighted by atomic mass is 10.1. The summed E-state index contributed by atoms with van der Waals surface area (Å²) in [6, 6.07) is 11.3. The van der Waals surface area contributed by atoms with Gasteiger partial charge in [-0.15, -0.1) is 11.8 Å². The van der Waals surface area contributed by atoms with E-state index in [0.29, 0.717) is 11.3 Å². The van der Waals surface area contributed by atoms with Crippen LogP contribution in [0.3, 0.4) is 0 Å². The van der Waals surface area contributed by atoms with Gasteiger partial charge in [0.2, 0.25) is 0 Å². The minimum absolute atomic E-state index is 0.0918. The standard InChI is InChI=1S/C18H22N2O2S/c1-3-16(17-12-13(2)8-9-19-17)20-18(22)14-4-6-15(7-5-14)23-11-10-21/h4-9,12,16,21H,3,10-11H2,1-2H3,(H,20,22)/t16-/m0/s1. The molecule has 0 aliphatic carbocycles. The number of benzene rings is 1. The van der Waals surface area contributed by atoms with E-state index in [1.807, 2.05) is 50.2 Å². The maximum atomic E-state index is 12.4. The average Bonchev–Trinajstić information content (AvgIpc) is 2.58. The zero-order valence-electron chi connectivity index (χ0n) is 13.5. The van der Waals surface area contributed by atoms with Crippen LogP contribution in [0.1, 0.15) is 41.0 Å². The van der Waals surface area contributed by atoms with E-state index in [-0.39, 0.29) is 18.6 Å². The number of carbonyl (C=O) groups excluding carboxylic acids is 1. The third-order valence-electron chi connectivity index (χ3n) is 3.48. The van der Waals surface area contributed by atoms with Gasteiger partial charge in [-0.2, -0.15) is 0 Å². The highest BCUT2D eigenvalue weighted by Gasteiger charge is 2.15. The van der Waals surface area contributed by atoms with E-state index in [1.54, 1.807) is 18.0 Å². The zero-order valence-corrected chi connectivity index (χ0v) is 14.3. The molecule has 1 heterocycles. The molecule has 0 aliphatic heterocycles. The smallest absolute Gasteiger partial charge is 0.251 e. The van der Waals surface area contributed by atoms with E-state index < -0.39 is 0 Å². The summed E-state index contributed by atoms with van der Waals surface area (Å²) >= 11 is 1.57. The fourth-order valence-electron chi connectivity index (χ4n) is 2.24. The van der Waals surface area contributed by atoms with Gasteiger partial charge in [0.25, 0.3) is 5.91 Å². The van der Waals surface area contributed by atoms with E-state index in [1.165, 1.54) is 0 Å².